The van der Waals surface area contributed by atoms with Gasteiger partial charge < -0.3 is 10.2 Å². The average molecular weight is 423 g/mol. The number of carbonyl (C=O) groups excluding carboxylic acids is 1. The molecule has 1 N–H and O–H groups in total. The van der Waals surface area contributed by atoms with E-state index in [2.05, 4.69) is 27.9 Å². The van der Waals surface area contributed by atoms with Crippen LogP contribution < -0.4 is 5.32 Å². The zero-order valence-electron chi connectivity index (χ0n) is 13.6. The van der Waals surface area contributed by atoms with Gasteiger partial charge in [-0.2, -0.15) is 5.26 Å². The van der Waals surface area contributed by atoms with Gasteiger partial charge in [0, 0.05) is 28.5 Å². The van der Waals surface area contributed by atoms with E-state index in [1.54, 1.807) is 6.20 Å². The predicted octanol–water partition coefficient (Wildman–Crippen LogP) is 4.21. The van der Waals surface area contributed by atoms with Gasteiger partial charge >= 0.3 is 0 Å². The summed E-state index contributed by atoms with van der Waals surface area (Å²) in [5.74, 6) is -0.348. The quantitative estimate of drug-likeness (QED) is 0.449. The minimum Gasteiger partial charge on any atom is -0.376 e. The van der Waals surface area contributed by atoms with Crippen molar-refractivity contribution in [3.8, 4) is 6.07 Å². The van der Waals surface area contributed by atoms with Crippen LogP contribution in [-0.2, 0) is 4.79 Å². The highest BCUT2D eigenvalue weighted by Gasteiger charge is 2.18. The van der Waals surface area contributed by atoms with Gasteiger partial charge in [0.25, 0.3) is 5.91 Å². The van der Waals surface area contributed by atoms with E-state index in [9.17, 15) is 10.1 Å². The number of anilines is 1. The molecule has 0 atom stereocenters. The Morgan fingerprint density at radius 3 is 2.70 bits per heavy atom. The summed E-state index contributed by atoms with van der Waals surface area (Å²) in [5.41, 5.74) is 1.89. The number of benzene rings is 1. The second-order valence-electron chi connectivity index (χ2n) is 6.03. The van der Waals surface area contributed by atoms with E-state index in [1.807, 2.05) is 43.1 Å². The molecule has 4 nitrogen and oxygen atoms in total. The van der Waals surface area contributed by atoms with Gasteiger partial charge in [0.15, 0.2) is 0 Å². The summed E-state index contributed by atoms with van der Waals surface area (Å²) in [6, 6.07) is 8.27. The Bertz CT molecular complexity index is 642. The lowest BCUT2D eigenvalue weighted by Crippen LogP contribution is -2.30. The second kappa shape index (κ2) is 8.34. The number of nitrogens with one attached hydrogen (secondary N) is 1. The summed E-state index contributed by atoms with van der Waals surface area (Å²) in [4.78, 5) is 14.4. The normalized spacial score (nSPS) is 15.8. The second-order valence-corrected chi connectivity index (χ2v) is 7.27. The van der Waals surface area contributed by atoms with Crippen molar-refractivity contribution in [2.75, 3.05) is 12.4 Å². The highest BCUT2D eigenvalue weighted by Crippen LogP contribution is 2.23. The van der Waals surface area contributed by atoms with Crippen LogP contribution in [0.2, 0.25) is 0 Å². The fraction of sp³-hybridized carbons (Fsp3) is 0.444. The summed E-state index contributed by atoms with van der Waals surface area (Å²) in [6.07, 6.45) is 7.67. The number of nitrogens with zero attached hydrogens (tertiary/aromatic N) is 2. The average Bonchev–Trinajstić information content (AvgIpc) is 2.55. The number of nitriles is 1. The summed E-state index contributed by atoms with van der Waals surface area (Å²) in [5, 5.41) is 12.2. The molecule has 0 spiro atoms. The van der Waals surface area contributed by atoms with Crippen molar-refractivity contribution in [1.82, 2.24) is 4.90 Å². The molecule has 1 aromatic carbocycles. The Hall–Kier alpha value is -1.55. The van der Waals surface area contributed by atoms with E-state index in [0.717, 1.165) is 27.7 Å². The SMILES string of the molecule is Cc1cc(I)ccc1NC(=O)/C(C#N)=C\N(C)C1CCCCC1. The van der Waals surface area contributed by atoms with Gasteiger partial charge in [0.2, 0.25) is 0 Å². The highest BCUT2D eigenvalue weighted by molar-refractivity contribution is 14.1. The molecule has 2 rings (SSSR count). The van der Waals surface area contributed by atoms with E-state index < -0.39 is 0 Å². The number of aryl methyl sites for hydroxylation is 1. The minimum atomic E-state index is -0.348. The van der Waals surface area contributed by atoms with E-state index >= 15 is 0 Å². The third-order valence-electron chi connectivity index (χ3n) is 4.29. The number of rotatable bonds is 4. The van der Waals surface area contributed by atoms with Gasteiger partial charge in [-0.15, -0.1) is 0 Å². The molecule has 0 aromatic heterocycles. The first kappa shape index (κ1) is 17.8. The van der Waals surface area contributed by atoms with Crippen molar-refractivity contribution < 1.29 is 4.79 Å². The van der Waals surface area contributed by atoms with Crippen LogP contribution in [0.5, 0.6) is 0 Å². The molecule has 0 bridgehead atoms. The summed E-state index contributed by atoms with van der Waals surface area (Å²) in [6.45, 7) is 1.95. The molecule has 0 unspecified atom stereocenters. The number of hydrogen-bond donors (Lipinski definition) is 1. The van der Waals surface area contributed by atoms with Crippen LogP contribution in [0.1, 0.15) is 37.7 Å². The van der Waals surface area contributed by atoms with Crippen LogP contribution in [0.25, 0.3) is 0 Å². The Balaban J connectivity index is 2.08. The number of carbonyl (C=O) groups is 1. The van der Waals surface area contributed by atoms with E-state index in [-0.39, 0.29) is 11.5 Å². The van der Waals surface area contributed by atoms with Crippen LogP contribution in [0.15, 0.2) is 30.0 Å². The fourth-order valence-electron chi connectivity index (χ4n) is 2.89. The maximum atomic E-state index is 12.4. The topological polar surface area (TPSA) is 56.1 Å². The molecule has 0 saturated heterocycles. The van der Waals surface area contributed by atoms with Crippen molar-refractivity contribution in [2.45, 2.75) is 45.1 Å². The maximum absolute atomic E-state index is 12.4. The molecular formula is C18H22IN3O. The first-order chi connectivity index (χ1) is 11.0. The molecule has 23 heavy (non-hydrogen) atoms. The summed E-state index contributed by atoms with van der Waals surface area (Å²) in [7, 11) is 1.96. The third kappa shape index (κ3) is 4.96. The van der Waals surface area contributed by atoms with Crippen molar-refractivity contribution >= 4 is 34.2 Å². The lowest BCUT2D eigenvalue weighted by molar-refractivity contribution is -0.112. The molecular weight excluding hydrogens is 401 g/mol. The smallest absolute Gasteiger partial charge is 0.267 e. The Morgan fingerprint density at radius 1 is 1.39 bits per heavy atom. The van der Waals surface area contributed by atoms with Gasteiger partial charge in [-0.1, -0.05) is 19.3 Å². The molecule has 122 valence electrons. The van der Waals surface area contributed by atoms with E-state index in [1.165, 1.54) is 19.3 Å². The predicted molar refractivity (Wildman–Crippen MR) is 101 cm³/mol. The van der Waals surface area contributed by atoms with E-state index in [4.69, 9.17) is 0 Å². The third-order valence-corrected chi connectivity index (χ3v) is 4.96. The van der Waals surface area contributed by atoms with Crippen molar-refractivity contribution in [3.05, 3.63) is 39.1 Å². The van der Waals surface area contributed by atoms with Crippen molar-refractivity contribution in [3.63, 3.8) is 0 Å². The monoisotopic (exact) mass is 423 g/mol. The zero-order chi connectivity index (χ0) is 16.8. The molecule has 1 aliphatic rings. The minimum absolute atomic E-state index is 0.149. The lowest BCUT2D eigenvalue weighted by atomic mass is 9.94. The number of hydrogen-bond acceptors (Lipinski definition) is 3. The standard InChI is InChI=1S/C18H22IN3O/c1-13-10-15(19)8-9-17(13)21-18(23)14(11-20)12-22(2)16-6-4-3-5-7-16/h8-10,12,16H,3-7H2,1-2H3,(H,21,23)/b14-12-. The molecule has 5 heteroatoms. The molecule has 0 heterocycles. The zero-order valence-corrected chi connectivity index (χ0v) is 15.8. The van der Waals surface area contributed by atoms with Crippen molar-refractivity contribution in [2.24, 2.45) is 0 Å². The van der Waals surface area contributed by atoms with Gasteiger partial charge in [-0.05, 0) is 66.1 Å². The van der Waals surface area contributed by atoms with Crippen LogP contribution in [0.3, 0.4) is 0 Å². The molecule has 1 fully saturated rings. The Morgan fingerprint density at radius 2 is 2.09 bits per heavy atom. The van der Waals surface area contributed by atoms with Gasteiger partial charge in [0.05, 0.1) is 0 Å². The lowest BCUT2D eigenvalue weighted by Gasteiger charge is -2.30. The summed E-state index contributed by atoms with van der Waals surface area (Å²) >= 11 is 2.23. The molecule has 1 aliphatic carbocycles. The van der Waals surface area contributed by atoms with Crippen LogP contribution in [0, 0.1) is 21.8 Å². The van der Waals surface area contributed by atoms with Crippen LogP contribution in [0.4, 0.5) is 5.69 Å². The number of amides is 1. The van der Waals surface area contributed by atoms with E-state index in [0.29, 0.717) is 6.04 Å². The Kier molecular flexibility index (Phi) is 6.46. The maximum Gasteiger partial charge on any atom is 0.267 e. The fourth-order valence-corrected chi connectivity index (χ4v) is 3.54. The Labute approximate surface area is 151 Å². The highest BCUT2D eigenvalue weighted by atomic mass is 127. The van der Waals surface area contributed by atoms with Gasteiger partial charge in [-0.25, -0.2) is 0 Å². The molecule has 1 saturated carbocycles. The van der Waals surface area contributed by atoms with Gasteiger partial charge in [0.1, 0.15) is 11.6 Å². The van der Waals surface area contributed by atoms with Crippen LogP contribution >= 0.6 is 22.6 Å². The van der Waals surface area contributed by atoms with Gasteiger partial charge in [-0.3, -0.25) is 4.79 Å². The van der Waals surface area contributed by atoms with Crippen molar-refractivity contribution in [1.29, 1.82) is 5.26 Å². The number of halogens is 1. The molecule has 1 aromatic rings. The molecule has 0 aliphatic heterocycles. The molecule has 1 amide bonds. The first-order valence-electron chi connectivity index (χ1n) is 7.92. The van der Waals surface area contributed by atoms with Crippen LogP contribution in [-0.4, -0.2) is 23.9 Å². The first-order valence-corrected chi connectivity index (χ1v) is 9.00. The summed E-state index contributed by atoms with van der Waals surface area (Å²) < 4.78 is 1.12. The largest absolute Gasteiger partial charge is 0.376 e. The molecule has 0 radical (unpaired) electrons.